The lowest BCUT2D eigenvalue weighted by molar-refractivity contribution is -0.235. The van der Waals surface area contributed by atoms with Crippen LogP contribution in [-0.2, 0) is 67.2 Å². The zero-order valence-corrected chi connectivity index (χ0v) is 29.9. The minimum atomic E-state index is -0.841. The van der Waals surface area contributed by atoms with Crippen molar-refractivity contribution in [2.75, 3.05) is 6.61 Å². The maximum atomic E-state index is 13.8. The average molecular weight is 703 g/mol. The Bertz CT molecular complexity index is 1530. The van der Waals surface area contributed by atoms with Crippen molar-refractivity contribution < 1.29 is 47.4 Å². The van der Waals surface area contributed by atoms with Gasteiger partial charge in [0, 0.05) is 6.42 Å². The molecule has 0 bridgehead atoms. The molecule has 8 atom stereocenters. The lowest BCUT2D eigenvalue weighted by Crippen LogP contribution is -2.55. The molecule has 3 aliphatic rings. The van der Waals surface area contributed by atoms with Gasteiger partial charge in [0.2, 0.25) is 0 Å². The van der Waals surface area contributed by atoms with Crippen LogP contribution < -0.4 is 0 Å². The number of benzene rings is 3. The van der Waals surface area contributed by atoms with E-state index in [0.29, 0.717) is 19.6 Å². The predicted octanol–water partition coefficient (Wildman–Crippen LogP) is 6.65. The molecule has 0 saturated carbocycles. The third-order valence-electron chi connectivity index (χ3n) is 9.05. The summed E-state index contributed by atoms with van der Waals surface area (Å²) < 4.78 is 56.4. The van der Waals surface area contributed by atoms with E-state index in [4.69, 9.17) is 42.6 Å². The van der Waals surface area contributed by atoms with E-state index in [0.717, 1.165) is 16.7 Å². The van der Waals surface area contributed by atoms with E-state index in [1.807, 2.05) is 119 Å². The molecule has 0 radical (unpaired) electrons. The molecule has 3 aromatic rings. The summed E-state index contributed by atoms with van der Waals surface area (Å²) in [5.74, 6) is -2.12. The minimum Gasteiger partial charge on any atom is -0.457 e. The van der Waals surface area contributed by atoms with Crippen LogP contribution in [0.5, 0.6) is 0 Å². The number of hydrogen-bond donors (Lipinski definition) is 0. The van der Waals surface area contributed by atoms with Crippen LogP contribution in [0.2, 0.25) is 0 Å². The van der Waals surface area contributed by atoms with E-state index in [9.17, 15) is 4.79 Å². The van der Waals surface area contributed by atoms with Crippen LogP contribution in [0.25, 0.3) is 0 Å². The predicted molar refractivity (Wildman–Crippen MR) is 188 cm³/mol. The van der Waals surface area contributed by atoms with Gasteiger partial charge in [-0.1, -0.05) is 97.1 Å². The maximum Gasteiger partial charge on any atom is 0.306 e. The Morgan fingerprint density at radius 1 is 0.725 bits per heavy atom. The second-order valence-electron chi connectivity index (χ2n) is 14.0. The summed E-state index contributed by atoms with van der Waals surface area (Å²) in [6, 6.07) is 29.5. The molecule has 6 rings (SSSR count). The highest BCUT2D eigenvalue weighted by Gasteiger charge is 2.60. The molecule has 10 heteroatoms. The number of carbonyl (C=O) groups is 1. The van der Waals surface area contributed by atoms with Crippen LogP contribution in [0.15, 0.2) is 104 Å². The summed E-state index contributed by atoms with van der Waals surface area (Å²) in [6.07, 6.45) is -2.59. The van der Waals surface area contributed by atoms with E-state index in [1.54, 1.807) is 6.08 Å². The number of esters is 1. The first kappa shape index (κ1) is 37.3. The number of hydrogen-bond acceptors (Lipinski definition) is 10. The maximum absolute atomic E-state index is 13.8. The molecule has 3 aliphatic heterocycles. The Morgan fingerprint density at radius 3 is 1.86 bits per heavy atom. The van der Waals surface area contributed by atoms with Crippen molar-refractivity contribution in [3.05, 3.63) is 120 Å². The van der Waals surface area contributed by atoms with Gasteiger partial charge in [-0.2, -0.15) is 0 Å². The largest absolute Gasteiger partial charge is 0.457 e. The first-order chi connectivity index (χ1) is 24.6. The summed E-state index contributed by atoms with van der Waals surface area (Å²) in [7, 11) is 0. The van der Waals surface area contributed by atoms with Gasteiger partial charge in [0.05, 0.1) is 32.5 Å². The van der Waals surface area contributed by atoms with Gasteiger partial charge in [0.25, 0.3) is 0 Å². The fourth-order valence-corrected chi connectivity index (χ4v) is 6.72. The fourth-order valence-electron chi connectivity index (χ4n) is 6.72. The van der Waals surface area contributed by atoms with Crippen LogP contribution in [0, 0.1) is 0 Å². The normalized spacial score (nSPS) is 26.4. The van der Waals surface area contributed by atoms with Gasteiger partial charge in [-0.15, -0.1) is 6.58 Å². The molecule has 0 N–H and O–H groups in total. The quantitative estimate of drug-likeness (QED) is 0.112. The molecule has 51 heavy (non-hydrogen) atoms. The van der Waals surface area contributed by atoms with Gasteiger partial charge in [-0.3, -0.25) is 4.79 Å². The summed E-state index contributed by atoms with van der Waals surface area (Å²) in [5.41, 5.74) is 2.96. The van der Waals surface area contributed by atoms with E-state index >= 15 is 0 Å². The number of fused-ring (bicyclic) bond motifs is 3. The van der Waals surface area contributed by atoms with Crippen molar-refractivity contribution in [2.45, 2.75) is 121 Å². The highest BCUT2D eigenvalue weighted by molar-refractivity contribution is 5.69. The molecule has 3 heterocycles. The third kappa shape index (κ3) is 10.1. The molecular weight excluding hydrogens is 652 g/mol. The van der Waals surface area contributed by atoms with Crippen LogP contribution in [-0.4, -0.2) is 73.2 Å². The van der Waals surface area contributed by atoms with Gasteiger partial charge >= 0.3 is 5.97 Å². The third-order valence-corrected chi connectivity index (χ3v) is 9.05. The first-order valence-corrected chi connectivity index (χ1v) is 17.7. The molecule has 274 valence electrons. The van der Waals surface area contributed by atoms with Crippen LogP contribution in [0.3, 0.4) is 0 Å². The standard InChI is InChI=1S/C41H50O10/c1-6-31(44-25-29-18-12-8-13-19-29)35(45-26-30-20-14-9-15-21-30)33(27-43-24-28-16-10-7-11-17-28)46-34(42)23-22-32-36-37(49-40(2,3)48-36)38-39(47-32)51-41(4,5)50-38/h6-21,31-33,35-39H,1,22-27H2,2-5H3/t31-,32-,33-,35+,36+,37+,38-,39-/m1/s1. The molecule has 3 fully saturated rings. The molecule has 0 amide bonds. The Morgan fingerprint density at radius 2 is 1.25 bits per heavy atom. The number of ether oxygens (including phenoxy) is 9. The highest BCUT2D eigenvalue weighted by atomic mass is 16.9. The Kier molecular flexibility index (Phi) is 12.4. The lowest BCUT2D eigenvalue weighted by atomic mass is 9.96. The molecule has 0 aromatic heterocycles. The van der Waals surface area contributed by atoms with Gasteiger partial charge in [-0.05, 0) is 50.8 Å². The summed E-state index contributed by atoms with van der Waals surface area (Å²) in [6.45, 7) is 12.4. The highest BCUT2D eigenvalue weighted by Crippen LogP contribution is 2.45. The smallest absolute Gasteiger partial charge is 0.306 e. The van der Waals surface area contributed by atoms with Crippen molar-refractivity contribution in [1.82, 2.24) is 0 Å². The SMILES string of the molecule is C=C[C@@H](OCc1ccccc1)[C@H](OCc1ccccc1)[C@@H](COCc1ccccc1)OC(=O)CC[C@H]1O[C@@H]2OC(C)(C)O[C@@H]2[C@H]2OC(C)(C)O[C@H]21. The van der Waals surface area contributed by atoms with Gasteiger partial charge in [0.1, 0.15) is 30.5 Å². The Balaban J connectivity index is 1.18. The summed E-state index contributed by atoms with van der Waals surface area (Å²) >= 11 is 0. The topological polar surface area (TPSA) is 100 Å². The molecule has 0 aliphatic carbocycles. The Labute approximate surface area is 300 Å². The molecule has 3 aromatic carbocycles. The second-order valence-corrected chi connectivity index (χ2v) is 14.0. The van der Waals surface area contributed by atoms with Gasteiger partial charge < -0.3 is 42.6 Å². The van der Waals surface area contributed by atoms with E-state index < -0.39 is 66.6 Å². The molecule has 0 unspecified atom stereocenters. The Hall–Kier alpha value is -3.45. The van der Waals surface area contributed by atoms with Crippen LogP contribution in [0.4, 0.5) is 0 Å². The number of rotatable bonds is 17. The average Bonchev–Trinajstić information content (AvgIpc) is 3.63. The summed E-state index contributed by atoms with van der Waals surface area (Å²) in [5, 5.41) is 0. The van der Waals surface area contributed by atoms with Gasteiger partial charge in [0.15, 0.2) is 24.0 Å². The molecule has 3 saturated heterocycles. The fraction of sp³-hybridized carbons (Fsp3) is 0.488. The minimum absolute atomic E-state index is 0.0452. The second kappa shape index (κ2) is 16.9. The summed E-state index contributed by atoms with van der Waals surface area (Å²) in [4.78, 5) is 13.8. The molecule has 0 spiro atoms. The first-order valence-electron chi connectivity index (χ1n) is 17.7. The van der Waals surface area contributed by atoms with Crippen molar-refractivity contribution in [1.29, 1.82) is 0 Å². The van der Waals surface area contributed by atoms with Crippen LogP contribution in [0.1, 0.15) is 57.2 Å². The molecular formula is C41H50O10. The number of carbonyl (C=O) groups excluding carboxylic acids is 1. The van der Waals surface area contributed by atoms with Gasteiger partial charge in [-0.25, -0.2) is 0 Å². The van der Waals surface area contributed by atoms with Crippen molar-refractivity contribution in [3.8, 4) is 0 Å². The van der Waals surface area contributed by atoms with E-state index in [2.05, 4.69) is 6.58 Å². The lowest BCUT2D eigenvalue weighted by Gasteiger charge is -2.37. The molecule has 10 nitrogen and oxygen atoms in total. The zero-order valence-electron chi connectivity index (χ0n) is 29.9. The van der Waals surface area contributed by atoms with Crippen molar-refractivity contribution >= 4 is 5.97 Å². The van der Waals surface area contributed by atoms with Crippen molar-refractivity contribution in [2.24, 2.45) is 0 Å². The zero-order chi connectivity index (χ0) is 35.8. The van der Waals surface area contributed by atoms with Crippen molar-refractivity contribution in [3.63, 3.8) is 0 Å². The monoisotopic (exact) mass is 702 g/mol. The van der Waals surface area contributed by atoms with E-state index in [-0.39, 0.29) is 19.6 Å². The van der Waals surface area contributed by atoms with Crippen LogP contribution >= 0.6 is 0 Å². The van der Waals surface area contributed by atoms with E-state index in [1.165, 1.54) is 0 Å².